The molecule has 1 aromatic heterocycles. The van der Waals surface area contributed by atoms with Gasteiger partial charge in [-0.05, 0) is 134 Å². The third-order valence-electron chi connectivity index (χ3n) is 12.1. The van der Waals surface area contributed by atoms with Crippen molar-refractivity contribution in [2.75, 3.05) is 9.80 Å². The largest absolute Gasteiger partial charge is 0.338 e. The summed E-state index contributed by atoms with van der Waals surface area (Å²) < 4.78 is 0. The maximum atomic E-state index is 4.88. The van der Waals surface area contributed by atoms with Gasteiger partial charge in [-0.1, -0.05) is 151 Å². The zero-order valence-corrected chi connectivity index (χ0v) is 38.6. The maximum Gasteiger partial charge on any atom is 0.0783 e. The van der Waals surface area contributed by atoms with Crippen LogP contribution in [0.5, 0.6) is 0 Å². The first-order valence-electron chi connectivity index (χ1n) is 22.4. The zero-order valence-electron chi connectivity index (χ0n) is 37.8. The summed E-state index contributed by atoms with van der Waals surface area (Å²) in [6.45, 7) is 24.7. The molecule has 0 bridgehead atoms. The molecule has 3 heterocycles. The molecule has 0 radical (unpaired) electrons. The van der Waals surface area contributed by atoms with E-state index in [-0.39, 0.29) is 0 Å². The quantitative estimate of drug-likeness (QED) is 0.156. The van der Waals surface area contributed by atoms with Crippen LogP contribution in [0.4, 0.5) is 22.7 Å². The topological polar surface area (TPSA) is 19.4 Å². The van der Waals surface area contributed by atoms with Crippen molar-refractivity contribution in [3.05, 3.63) is 161 Å². The van der Waals surface area contributed by atoms with Crippen LogP contribution >= 0.6 is 11.8 Å². The highest BCUT2D eigenvalue weighted by Gasteiger charge is 2.27. The number of aromatic nitrogens is 1. The van der Waals surface area contributed by atoms with Crippen LogP contribution in [-0.4, -0.2) is 17.1 Å². The van der Waals surface area contributed by atoms with E-state index in [0.717, 1.165) is 17.6 Å². The van der Waals surface area contributed by atoms with Crippen molar-refractivity contribution in [3.63, 3.8) is 0 Å². The standard InChI is InChI=1S/C19H21N.C19H23N.C18H21NS/c1-12(2)15-7-9-17-16(11-15)6-5-14-8-10-18(13(3)4)20-19(14)17;1-4-15-13-16-9-5-7-11-18(16)20(14(2)3)19-12-8-6-10-17(15)19;1-12(2)14-9-10-16-18(11-14)20-17-8-6-5-7-15(17)19(16)13(3)4/h5-13H,1-4H3;5-12,14-15H,4,13H2,1-3H3;5-13H,1-4H3. The first kappa shape index (κ1) is 43.0. The molecule has 6 aromatic carbocycles. The third-order valence-corrected chi connectivity index (χ3v) is 13.2. The van der Waals surface area contributed by atoms with Gasteiger partial charge in [0, 0.05) is 49.7 Å². The number of anilines is 4. The molecule has 9 rings (SSSR count). The molecule has 0 aliphatic carbocycles. The Balaban J connectivity index is 0.000000136. The van der Waals surface area contributed by atoms with Crippen LogP contribution < -0.4 is 9.80 Å². The highest BCUT2D eigenvalue weighted by Crippen LogP contribution is 2.49. The molecular weight excluding hydrogens is 747 g/mol. The van der Waals surface area contributed by atoms with Gasteiger partial charge < -0.3 is 9.80 Å². The van der Waals surface area contributed by atoms with Gasteiger partial charge in [-0.3, -0.25) is 4.98 Å². The molecule has 0 N–H and O–H groups in total. The Bertz CT molecular complexity index is 2570. The van der Waals surface area contributed by atoms with Crippen LogP contribution in [0.1, 0.15) is 134 Å². The lowest BCUT2D eigenvalue weighted by molar-refractivity contribution is 0.666. The van der Waals surface area contributed by atoms with Gasteiger partial charge >= 0.3 is 0 Å². The summed E-state index contributed by atoms with van der Waals surface area (Å²) in [6, 6.07) is 49.8. The number of hydrogen-bond donors (Lipinski definition) is 0. The summed E-state index contributed by atoms with van der Waals surface area (Å²) in [5.41, 5.74) is 13.5. The number of benzene rings is 6. The van der Waals surface area contributed by atoms with Gasteiger partial charge in [0.25, 0.3) is 0 Å². The van der Waals surface area contributed by atoms with E-state index in [1.807, 2.05) is 11.8 Å². The summed E-state index contributed by atoms with van der Waals surface area (Å²) in [5, 5.41) is 3.77. The monoisotopic (exact) mass is 811 g/mol. The van der Waals surface area contributed by atoms with Gasteiger partial charge in [0.1, 0.15) is 0 Å². The second-order valence-electron chi connectivity index (χ2n) is 18.0. The molecule has 0 saturated carbocycles. The molecule has 3 nitrogen and oxygen atoms in total. The molecule has 0 fully saturated rings. The number of nitrogens with zero attached hydrogens (tertiary/aromatic N) is 3. The van der Waals surface area contributed by atoms with Crippen molar-refractivity contribution >= 4 is 56.2 Å². The Morgan fingerprint density at radius 1 is 0.533 bits per heavy atom. The Morgan fingerprint density at radius 2 is 1.10 bits per heavy atom. The normalized spacial score (nSPS) is 14.4. The van der Waals surface area contributed by atoms with E-state index in [9.17, 15) is 0 Å². The summed E-state index contributed by atoms with van der Waals surface area (Å²) in [7, 11) is 0. The third kappa shape index (κ3) is 9.00. The van der Waals surface area contributed by atoms with E-state index < -0.39 is 0 Å². The minimum atomic E-state index is 0.459. The van der Waals surface area contributed by atoms with E-state index in [2.05, 4.69) is 219 Å². The van der Waals surface area contributed by atoms with Crippen LogP contribution in [0.15, 0.2) is 143 Å². The van der Waals surface area contributed by atoms with Crippen molar-refractivity contribution < 1.29 is 0 Å². The van der Waals surface area contributed by atoms with Crippen molar-refractivity contribution in [3.8, 4) is 0 Å². The molecule has 4 heteroatoms. The lowest BCUT2D eigenvalue weighted by Crippen LogP contribution is -2.28. The average molecular weight is 812 g/mol. The van der Waals surface area contributed by atoms with Crippen molar-refractivity contribution in [1.82, 2.24) is 4.98 Å². The van der Waals surface area contributed by atoms with E-state index in [4.69, 9.17) is 4.98 Å². The molecule has 2 aliphatic heterocycles. The van der Waals surface area contributed by atoms with Gasteiger partial charge in [0.05, 0.1) is 16.9 Å². The fraction of sp³-hybridized carbons (Fsp3) is 0.339. The van der Waals surface area contributed by atoms with Gasteiger partial charge in [-0.2, -0.15) is 0 Å². The maximum absolute atomic E-state index is 4.88. The fourth-order valence-electron chi connectivity index (χ4n) is 8.74. The molecule has 2 aliphatic rings. The highest BCUT2D eigenvalue weighted by molar-refractivity contribution is 7.99. The molecular formula is C56H65N3S. The molecule has 1 unspecified atom stereocenters. The highest BCUT2D eigenvalue weighted by atomic mass is 32.2. The number of pyridine rings is 1. The number of fused-ring (bicyclic) bond motifs is 7. The minimum absolute atomic E-state index is 0.459. The Morgan fingerprint density at radius 3 is 1.78 bits per heavy atom. The molecule has 0 spiro atoms. The molecule has 7 aromatic rings. The predicted molar refractivity (Wildman–Crippen MR) is 263 cm³/mol. The summed E-state index contributed by atoms with van der Waals surface area (Å²) in [4.78, 5) is 12.6. The molecule has 0 saturated heterocycles. The van der Waals surface area contributed by atoms with Crippen LogP contribution in [0.2, 0.25) is 0 Å². The Labute approximate surface area is 365 Å². The fourth-order valence-corrected chi connectivity index (χ4v) is 9.86. The van der Waals surface area contributed by atoms with Crippen LogP contribution in [-0.2, 0) is 6.42 Å². The van der Waals surface area contributed by atoms with E-state index in [0.29, 0.717) is 35.8 Å². The minimum Gasteiger partial charge on any atom is -0.338 e. The lowest BCUT2D eigenvalue weighted by Gasteiger charge is -2.36. The van der Waals surface area contributed by atoms with Crippen LogP contribution in [0.25, 0.3) is 21.7 Å². The van der Waals surface area contributed by atoms with Gasteiger partial charge in [0.2, 0.25) is 0 Å². The SMILES string of the molecule is CC(C)c1ccc2c(c1)Sc1ccccc1N2C(C)C.CC(C)c1ccc2c(ccc3ccc(C(C)C)nc32)c1.CCC1Cc2ccccc2N(C(C)C)c2ccccc21. The van der Waals surface area contributed by atoms with Crippen molar-refractivity contribution in [2.24, 2.45) is 0 Å². The van der Waals surface area contributed by atoms with E-state index in [1.165, 1.54) is 77.4 Å². The Hall–Kier alpha value is -5.06. The second kappa shape index (κ2) is 18.7. The first-order chi connectivity index (χ1) is 28.9. The van der Waals surface area contributed by atoms with Gasteiger partial charge in [0.15, 0.2) is 0 Å². The van der Waals surface area contributed by atoms with E-state index >= 15 is 0 Å². The number of hydrogen-bond acceptors (Lipinski definition) is 4. The molecule has 310 valence electrons. The van der Waals surface area contributed by atoms with Crippen LogP contribution in [0.3, 0.4) is 0 Å². The van der Waals surface area contributed by atoms with Crippen molar-refractivity contribution in [2.45, 2.75) is 135 Å². The van der Waals surface area contributed by atoms with Gasteiger partial charge in [-0.15, -0.1) is 0 Å². The average Bonchev–Trinajstić information content (AvgIpc) is 3.39. The molecule has 1 atom stereocenters. The smallest absolute Gasteiger partial charge is 0.0783 e. The molecule has 0 amide bonds. The zero-order chi connectivity index (χ0) is 42.7. The first-order valence-corrected chi connectivity index (χ1v) is 23.2. The Kier molecular flexibility index (Phi) is 13.4. The van der Waals surface area contributed by atoms with Crippen molar-refractivity contribution in [1.29, 1.82) is 0 Å². The van der Waals surface area contributed by atoms with Crippen LogP contribution in [0, 0.1) is 0 Å². The number of rotatable bonds is 6. The summed E-state index contributed by atoms with van der Waals surface area (Å²) in [6.07, 6.45) is 2.34. The van der Waals surface area contributed by atoms with Gasteiger partial charge in [-0.25, -0.2) is 0 Å². The lowest BCUT2D eigenvalue weighted by atomic mass is 9.90. The van der Waals surface area contributed by atoms with E-state index in [1.54, 1.807) is 0 Å². The second-order valence-corrected chi connectivity index (χ2v) is 19.1. The number of para-hydroxylation sites is 3. The molecule has 60 heavy (non-hydrogen) atoms. The summed E-state index contributed by atoms with van der Waals surface area (Å²) in [5.74, 6) is 2.22. The predicted octanol–water partition coefficient (Wildman–Crippen LogP) is 16.7. The summed E-state index contributed by atoms with van der Waals surface area (Å²) >= 11 is 1.89.